The number of likely N-dealkylation sites (tertiary alicyclic amines) is 1. The van der Waals surface area contributed by atoms with Crippen LogP contribution in [0.4, 0.5) is 5.69 Å². The smallest absolute Gasteiger partial charge is 0.262 e. The minimum Gasteiger partial charge on any atom is -0.495 e. The summed E-state index contributed by atoms with van der Waals surface area (Å²) in [4.78, 5) is 17.0. The molecule has 0 spiro atoms. The van der Waals surface area contributed by atoms with Gasteiger partial charge in [-0.2, -0.15) is 0 Å². The molecular formula is C22H29N3O4S. The zero-order valence-electron chi connectivity index (χ0n) is 17.7. The fourth-order valence-electron chi connectivity index (χ4n) is 3.63. The van der Waals surface area contributed by atoms with E-state index < -0.39 is 10.0 Å². The number of sulfonamides is 1. The Morgan fingerprint density at radius 2 is 1.90 bits per heavy atom. The van der Waals surface area contributed by atoms with E-state index in [2.05, 4.69) is 23.6 Å². The molecule has 1 fully saturated rings. The van der Waals surface area contributed by atoms with Gasteiger partial charge in [0.15, 0.2) is 0 Å². The summed E-state index contributed by atoms with van der Waals surface area (Å²) in [7, 11) is -0.224. The summed E-state index contributed by atoms with van der Waals surface area (Å²) in [6.45, 7) is 5.56. The summed E-state index contributed by atoms with van der Waals surface area (Å²) in [5.74, 6) is 0.854. The quantitative estimate of drug-likeness (QED) is 0.695. The van der Waals surface area contributed by atoms with Crippen LogP contribution in [0.25, 0.3) is 0 Å². The topological polar surface area (TPSA) is 79.0 Å². The number of rotatable bonds is 8. The fourth-order valence-corrected chi connectivity index (χ4v) is 4.70. The third-order valence-electron chi connectivity index (χ3n) is 5.45. The standard InChI is InChI=1S/C22H29N3O4S/c1-4-24(2)15-17-13-14-25(16-17)22(26)18-9-11-19(12-10-18)30(27,28)23-20-7-5-6-8-21(20)29-3/h5-12,17,23H,4,13-16H2,1-3H3. The summed E-state index contributed by atoms with van der Waals surface area (Å²) in [6, 6.07) is 12.9. The molecule has 7 nitrogen and oxygen atoms in total. The van der Waals surface area contributed by atoms with E-state index in [1.807, 2.05) is 4.90 Å². The average Bonchev–Trinajstić information content (AvgIpc) is 3.21. The number of nitrogens with zero attached hydrogens (tertiary/aromatic N) is 2. The molecule has 30 heavy (non-hydrogen) atoms. The predicted octanol–water partition coefficient (Wildman–Crippen LogP) is 2.91. The number of carbonyl (C=O) groups excluding carboxylic acids is 1. The molecule has 1 saturated heterocycles. The Bertz CT molecular complexity index is 976. The number of hydrogen-bond acceptors (Lipinski definition) is 5. The van der Waals surface area contributed by atoms with Crippen molar-refractivity contribution in [1.29, 1.82) is 0 Å². The van der Waals surface area contributed by atoms with Gasteiger partial charge in [-0.3, -0.25) is 9.52 Å². The van der Waals surface area contributed by atoms with E-state index in [0.717, 1.165) is 32.6 Å². The van der Waals surface area contributed by atoms with Crippen molar-refractivity contribution < 1.29 is 17.9 Å². The van der Waals surface area contributed by atoms with Crippen LogP contribution in [0.5, 0.6) is 5.75 Å². The van der Waals surface area contributed by atoms with Crippen LogP contribution in [0.2, 0.25) is 0 Å². The van der Waals surface area contributed by atoms with Gasteiger partial charge in [-0.15, -0.1) is 0 Å². The maximum absolute atomic E-state index is 12.8. The second-order valence-corrected chi connectivity index (χ2v) is 9.27. The number of hydrogen-bond donors (Lipinski definition) is 1. The lowest BCUT2D eigenvalue weighted by atomic mass is 10.1. The molecule has 1 unspecified atom stereocenters. The second kappa shape index (κ2) is 9.49. The van der Waals surface area contributed by atoms with Gasteiger partial charge in [0.1, 0.15) is 5.75 Å². The van der Waals surface area contributed by atoms with Gasteiger partial charge in [0.2, 0.25) is 0 Å². The van der Waals surface area contributed by atoms with Gasteiger partial charge in [-0.25, -0.2) is 8.42 Å². The minimum absolute atomic E-state index is 0.0571. The van der Waals surface area contributed by atoms with Crippen LogP contribution in [0, 0.1) is 5.92 Å². The highest BCUT2D eigenvalue weighted by Crippen LogP contribution is 2.26. The molecule has 2 aromatic carbocycles. The monoisotopic (exact) mass is 431 g/mol. The minimum atomic E-state index is -3.79. The van der Waals surface area contributed by atoms with Crippen molar-refractivity contribution in [2.45, 2.75) is 18.2 Å². The number of benzene rings is 2. The van der Waals surface area contributed by atoms with Crippen LogP contribution < -0.4 is 9.46 Å². The van der Waals surface area contributed by atoms with Gasteiger partial charge in [-0.1, -0.05) is 19.1 Å². The highest BCUT2D eigenvalue weighted by atomic mass is 32.2. The van der Waals surface area contributed by atoms with Crippen molar-refractivity contribution in [1.82, 2.24) is 9.80 Å². The molecule has 0 bridgehead atoms. The summed E-state index contributed by atoms with van der Waals surface area (Å²) < 4.78 is 33.2. The highest BCUT2D eigenvalue weighted by molar-refractivity contribution is 7.92. The Morgan fingerprint density at radius 1 is 1.20 bits per heavy atom. The zero-order valence-corrected chi connectivity index (χ0v) is 18.5. The molecule has 8 heteroatoms. The van der Waals surface area contributed by atoms with Crippen LogP contribution in [0.15, 0.2) is 53.4 Å². The summed E-state index contributed by atoms with van der Waals surface area (Å²) >= 11 is 0. The Kier molecular flexibility index (Phi) is 6.99. The number of ether oxygens (including phenoxy) is 1. The molecule has 1 aliphatic heterocycles. The number of anilines is 1. The third kappa shape index (κ3) is 5.12. The van der Waals surface area contributed by atoms with Gasteiger partial charge >= 0.3 is 0 Å². The van der Waals surface area contributed by atoms with Crippen molar-refractivity contribution in [2.75, 3.05) is 45.1 Å². The van der Waals surface area contributed by atoms with Crippen molar-refractivity contribution in [3.8, 4) is 5.75 Å². The first-order chi connectivity index (χ1) is 14.3. The maximum atomic E-state index is 12.8. The number of amides is 1. The molecule has 2 aromatic rings. The van der Waals surface area contributed by atoms with E-state index in [1.165, 1.54) is 19.2 Å². The van der Waals surface area contributed by atoms with Crippen LogP contribution in [-0.4, -0.2) is 64.5 Å². The van der Waals surface area contributed by atoms with E-state index in [-0.39, 0.29) is 10.8 Å². The Hall–Kier alpha value is -2.58. The summed E-state index contributed by atoms with van der Waals surface area (Å²) in [6.07, 6.45) is 0.991. The third-order valence-corrected chi connectivity index (χ3v) is 6.83. The molecule has 1 atom stereocenters. The number of nitrogens with one attached hydrogen (secondary N) is 1. The number of para-hydroxylation sites is 2. The molecule has 1 aliphatic rings. The lowest BCUT2D eigenvalue weighted by Gasteiger charge is -2.20. The lowest BCUT2D eigenvalue weighted by molar-refractivity contribution is 0.0784. The molecule has 1 amide bonds. The van der Waals surface area contributed by atoms with Crippen LogP contribution in [-0.2, 0) is 10.0 Å². The summed E-state index contributed by atoms with van der Waals surface area (Å²) in [5, 5.41) is 0. The molecule has 0 aliphatic carbocycles. The zero-order chi connectivity index (χ0) is 21.7. The molecule has 0 saturated carbocycles. The Labute approximate surface area is 178 Å². The molecule has 162 valence electrons. The SMILES string of the molecule is CCN(C)CC1CCN(C(=O)c2ccc(S(=O)(=O)Nc3ccccc3OC)cc2)C1. The largest absolute Gasteiger partial charge is 0.495 e. The molecule has 0 aromatic heterocycles. The molecule has 1 heterocycles. The van der Waals surface area contributed by atoms with E-state index in [4.69, 9.17) is 4.74 Å². The maximum Gasteiger partial charge on any atom is 0.262 e. The molecular weight excluding hydrogens is 402 g/mol. The normalized spacial score (nSPS) is 16.7. The van der Waals surface area contributed by atoms with E-state index >= 15 is 0 Å². The summed E-state index contributed by atoms with van der Waals surface area (Å²) in [5.41, 5.74) is 0.857. The molecule has 0 radical (unpaired) electrons. The average molecular weight is 432 g/mol. The molecule has 3 rings (SSSR count). The van der Waals surface area contributed by atoms with Gasteiger partial charge in [-0.05, 0) is 62.3 Å². The highest BCUT2D eigenvalue weighted by Gasteiger charge is 2.27. The number of carbonyl (C=O) groups is 1. The van der Waals surface area contributed by atoms with Crippen molar-refractivity contribution in [2.24, 2.45) is 5.92 Å². The van der Waals surface area contributed by atoms with E-state index in [1.54, 1.807) is 36.4 Å². The van der Waals surface area contributed by atoms with Gasteiger partial charge < -0.3 is 14.5 Å². The first-order valence-corrected chi connectivity index (χ1v) is 11.6. The Morgan fingerprint density at radius 3 is 2.57 bits per heavy atom. The van der Waals surface area contributed by atoms with Crippen LogP contribution in [0.3, 0.4) is 0 Å². The van der Waals surface area contributed by atoms with Gasteiger partial charge in [0, 0.05) is 25.2 Å². The molecule has 1 N–H and O–H groups in total. The Balaban J connectivity index is 1.68. The van der Waals surface area contributed by atoms with E-state index in [9.17, 15) is 13.2 Å². The van der Waals surface area contributed by atoms with Crippen LogP contribution >= 0.6 is 0 Å². The van der Waals surface area contributed by atoms with Crippen molar-refractivity contribution in [3.05, 3.63) is 54.1 Å². The van der Waals surface area contributed by atoms with Gasteiger partial charge in [0.05, 0.1) is 17.7 Å². The van der Waals surface area contributed by atoms with Gasteiger partial charge in [0.25, 0.3) is 15.9 Å². The van der Waals surface area contributed by atoms with Crippen LogP contribution in [0.1, 0.15) is 23.7 Å². The predicted molar refractivity (Wildman–Crippen MR) is 117 cm³/mol. The first-order valence-electron chi connectivity index (χ1n) is 10.1. The number of methoxy groups -OCH3 is 1. The fraction of sp³-hybridized carbons (Fsp3) is 0.409. The van der Waals surface area contributed by atoms with Crippen molar-refractivity contribution in [3.63, 3.8) is 0 Å². The second-order valence-electron chi connectivity index (χ2n) is 7.59. The first kappa shape index (κ1) is 22.1. The van der Waals surface area contributed by atoms with E-state index in [0.29, 0.717) is 22.9 Å². The van der Waals surface area contributed by atoms with Crippen molar-refractivity contribution >= 4 is 21.6 Å². The lowest BCUT2D eigenvalue weighted by Crippen LogP contribution is -2.31.